The first-order chi connectivity index (χ1) is 18.9. The fourth-order valence-electron chi connectivity index (χ4n) is 5.02. The van der Waals surface area contributed by atoms with Gasteiger partial charge in [0, 0.05) is 49.9 Å². The summed E-state index contributed by atoms with van der Waals surface area (Å²) in [6.45, 7) is 18.6. The lowest BCUT2D eigenvalue weighted by atomic mass is 9.87. The number of aromatic nitrogens is 1. The van der Waals surface area contributed by atoms with Gasteiger partial charge in [0.05, 0.1) is 19.3 Å². The summed E-state index contributed by atoms with van der Waals surface area (Å²) in [4.78, 5) is 21.3. The molecule has 0 saturated carbocycles. The van der Waals surface area contributed by atoms with Crippen molar-refractivity contribution in [3.05, 3.63) is 71.4 Å². The van der Waals surface area contributed by atoms with Crippen LogP contribution < -0.4 is 0 Å². The molecule has 2 N–H and O–H groups in total. The summed E-state index contributed by atoms with van der Waals surface area (Å²) in [5.74, 6) is 0.876. The van der Waals surface area contributed by atoms with Gasteiger partial charge in [-0.05, 0) is 46.4 Å². The number of aromatic amines is 1. The highest BCUT2D eigenvalue weighted by atomic mass is 16.5. The molecule has 0 fully saturated rings. The number of aliphatic hydroxyl groups excluding tert-OH is 1. The minimum atomic E-state index is -0.630. The minimum Gasteiger partial charge on any atom is -0.389 e. The van der Waals surface area contributed by atoms with Gasteiger partial charge in [-0.15, -0.1) is 0 Å². The summed E-state index contributed by atoms with van der Waals surface area (Å²) >= 11 is 0. The van der Waals surface area contributed by atoms with Gasteiger partial charge < -0.3 is 19.7 Å². The third-order valence-electron chi connectivity index (χ3n) is 7.08. The van der Waals surface area contributed by atoms with E-state index in [2.05, 4.69) is 107 Å². The Hall–Kier alpha value is -2.67. The van der Waals surface area contributed by atoms with E-state index in [1.54, 1.807) is 0 Å². The molecule has 0 aliphatic rings. The predicted molar refractivity (Wildman–Crippen MR) is 166 cm³/mol. The summed E-state index contributed by atoms with van der Waals surface area (Å²) in [5.41, 5.74) is 4.82. The smallest absolute Gasteiger partial charge is 0.237 e. The standard InChI is InChI=1S/C34H51N3O3/c1-25(2)19-36(21-30(38)24-40-23-26(3)4)22-33(39)37(20-27-12-14-29(15-13-27)34(5,6)7)17-16-28-18-35-32-11-9-8-10-31(28)32/h8-15,18,25-26,30,35,38H,16-17,19-24H2,1-7H3. The average molecular weight is 550 g/mol. The number of carbonyl (C=O) groups excluding carboxylic acids is 1. The second-order valence-corrected chi connectivity index (χ2v) is 13.0. The highest BCUT2D eigenvalue weighted by Gasteiger charge is 2.22. The van der Waals surface area contributed by atoms with E-state index in [0.29, 0.717) is 38.1 Å². The largest absolute Gasteiger partial charge is 0.389 e. The lowest BCUT2D eigenvalue weighted by Gasteiger charge is -2.30. The van der Waals surface area contributed by atoms with Gasteiger partial charge in [0.15, 0.2) is 0 Å². The van der Waals surface area contributed by atoms with E-state index in [4.69, 9.17) is 4.74 Å². The second kappa shape index (κ2) is 14.8. The van der Waals surface area contributed by atoms with Gasteiger partial charge in [-0.3, -0.25) is 9.69 Å². The Kier molecular flexibility index (Phi) is 11.8. The van der Waals surface area contributed by atoms with Crippen LogP contribution in [0.4, 0.5) is 0 Å². The molecule has 3 aromatic rings. The number of hydrogen-bond acceptors (Lipinski definition) is 4. The zero-order valence-corrected chi connectivity index (χ0v) is 25.7. The Morgan fingerprint density at radius 2 is 1.65 bits per heavy atom. The first-order valence-corrected chi connectivity index (χ1v) is 14.8. The predicted octanol–water partition coefficient (Wildman–Crippen LogP) is 6.03. The molecule has 3 rings (SSSR count). The van der Waals surface area contributed by atoms with Crippen molar-refractivity contribution in [1.29, 1.82) is 0 Å². The van der Waals surface area contributed by atoms with E-state index in [1.165, 1.54) is 16.5 Å². The third-order valence-corrected chi connectivity index (χ3v) is 7.08. The summed E-state index contributed by atoms with van der Waals surface area (Å²) in [7, 11) is 0. The van der Waals surface area contributed by atoms with E-state index in [9.17, 15) is 9.90 Å². The molecule has 2 aromatic carbocycles. The second-order valence-electron chi connectivity index (χ2n) is 13.0. The van der Waals surface area contributed by atoms with E-state index < -0.39 is 6.10 Å². The van der Waals surface area contributed by atoms with Crippen LogP contribution in [0.1, 0.15) is 65.2 Å². The number of carbonyl (C=O) groups is 1. The van der Waals surface area contributed by atoms with Crippen LogP contribution in [0.25, 0.3) is 10.9 Å². The van der Waals surface area contributed by atoms with Gasteiger partial charge in [0.1, 0.15) is 0 Å². The van der Waals surface area contributed by atoms with Crippen LogP contribution in [0.3, 0.4) is 0 Å². The number of rotatable bonds is 15. The maximum absolute atomic E-state index is 13.8. The normalized spacial score (nSPS) is 13.1. The Bertz CT molecular complexity index is 1180. The van der Waals surface area contributed by atoms with Gasteiger partial charge in [-0.2, -0.15) is 0 Å². The molecule has 6 nitrogen and oxygen atoms in total. The molecule has 0 bridgehead atoms. The highest BCUT2D eigenvalue weighted by molar-refractivity contribution is 5.83. The molecule has 1 unspecified atom stereocenters. The van der Waals surface area contributed by atoms with Crippen LogP contribution in [0.15, 0.2) is 54.7 Å². The Labute approximate surface area is 241 Å². The van der Waals surface area contributed by atoms with Gasteiger partial charge in [0.2, 0.25) is 5.91 Å². The van der Waals surface area contributed by atoms with Crippen molar-refractivity contribution < 1.29 is 14.6 Å². The van der Waals surface area contributed by atoms with E-state index in [-0.39, 0.29) is 24.5 Å². The molecule has 6 heteroatoms. The fourth-order valence-corrected chi connectivity index (χ4v) is 5.02. The van der Waals surface area contributed by atoms with Crippen LogP contribution in [0.5, 0.6) is 0 Å². The molecule has 1 heterocycles. The van der Waals surface area contributed by atoms with E-state index in [0.717, 1.165) is 24.0 Å². The lowest BCUT2D eigenvalue weighted by Crippen LogP contribution is -2.45. The number of ether oxygens (including phenoxy) is 1. The van der Waals surface area contributed by atoms with Gasteiger partial charge in [-0.1, -0.05) is 90.9 Å². The first kappa shape index (κ1) is 31.9. The molecule has 1 atom stereocenters. The molecule has 0 radical (unpaired) electrons. The molecule has 0 aliphatic heterocycles. The zero-order valence-electron chi connectivity index (χ0n) is 25.7. The van der Waals surface area contributed by atoms with Crippen LogP contribution in [-0.2, 0) is 27.9 Å². The number of hydrogen-bond donors (Lipinski definition) is 2. The van der Waals surface area contributed by atoms with E-state index in [1.807, 2.05) is 11.0 Å². The number of fused-ring (bicyclic) bond motifs is 1. The maximum Gasteiger partial charge on any atom is 0.237 e. The number of nitrogens with zero attached hydrogens (tertiary/aromatic N) is 2. The topological polar surface area (TPSA) is 68.8 Å². The summed E-state index contributed by atoms with van der Waals surface area (Å²) in [6.07, 6.45) is 2.20. The van der Waals surface area contributed by atoms with Crippen molar-refractivity contribution in [1.82, 2.24) is 14.8 Å². The Balaban J connectivity index is 1.74. The molecule has 1 amide bonds. The average Bonchev–Trinajstić information content (AvgIpc) is 3.28. The molecule has 0 spiro atoms. The van der Waals surface area contributed by atoms with Crippen molar-refractivity contribution in [2.45, 2.75) is 73.0 Å². The Morgan fingerprint density at radius 3 is 2.30 bits per heavy atom. The van der Waals surface area contributed by atoms with Crippen molar-refractivity contribution in [3.63, 3.8) is 0 Å². The lowest BCUT2D eigenvalue weighted by molar-refractivity contribution is -0.133. The van der Waals surface area contributed by atoms with Gasteiger partial charge in [0.25, 0.3) is 0 Å². The SMILES string of the molecule is CC(C)COCC(O)CN(CC(=O)N(CCc1c[nH]c2ccccc12)Cc1ccc(C(C)(C)C)cc1)CC(C)C. The quantitative estimate of drug-likeness (QED) is 0.243. The van der Waals surface area contributed by atoms with Gasteiger partial charge >= 0.3 is 0 Å². The summed E-state index contributed by atoms with van der Waals surface area (Å²) < 4.78 is 5.67. The molecule has 0 saturated heterocycles. The molecule has 0 aliphatic carbocycles. The molecular weight excluding hydrogens is 498 g/mol. The molecule has 40 heavy (non-hydrogen) atoms. The minimum absolute atomic E-state index is 0.0793. The Morgan fingerprint density at radius 1 is 0.950 bits per heavy atom. The van der Waals surface area contributed by atoms with Crippen LogP contribution in [0, 0.1) is 11.8 Å². The maximum atomic E-state index is 13.8. The number of benzene rings is 2. The van der Waals surface area contributed by atoms with Crippen molar-refractivity contribution in [2.24, 2.45) is 11.8 Å². The third kappa shape index (κ3) is 10.1. The number of nitrogens with one attached hydrogen (secondary N) is 1. The molecule has 1 aromatic heterocycles. The first-order valence-electron chi connectivity index (χ1n) is 14.8. The summed E-state index contributed by atoms with van der Waals surface area (Å²) in [5, 5.41) is 11.9. The van der Waals surface area contributed by atoms with Crippen molar-refractivity contribution >= 4 is 16.8 Å². The number of para-hydroxylation sites is 1. The summed E-state index contributed by atoms with van der Waals surface area (Å²) in [6, 6.07) is 16.9. The zero-order chi connectivity index (χ0) is 29.3. The van der Waals surface area contributed by atoms with E-state index >= 15 is 0 Å². The van der Waals surface area contributed by atoms with Crippen molar-refractivity contribution in [3.8, 4) is 0 Å². The number of aliphatic hydroxyl groups is 1. The van der Waals surface area contributed by atoms with Crippen LogP contribution >= 0.6 is 0 Å². The molecular formula is C34H51N3O3. The monoisotopic (exact) mass is 549 g/mol. The fraction of sp³-hybridized carbons (Fsp3) is 0.559. The molecule has 220 valence electrons. The van der Waals surface area contributed by atoms with Crippen molar-refractivity contribution in [2.75, 3.05) is 39.4 Å². The number of amides is 1. The van der Waals surface area contributed by atoms with Gasteiger partial charge in [-0.25, -0.2) is 0 Å². The highest BCUT2D eigenvalue weighted by Crippen LogP contribution is 2.23. The van der Waals surface area contributed by atoms with Crippen LogP contribution in [-0.4, -0.2) is 71.3 Å². The van der Waals surface area contributed by atoms with Crippen LogP contribution in [0.2, 0.25) is 0 Å². The number of H-pyrrole nitrogens is 1.